The number of benzene rings is 1. The van der Waals surface area contributed by atoms with Gasteiger partial charge in [-0.25, -0.2) is 18.5 Å². The molecule has 1 aromatic carbocycles. The van der Waals surface area contributed by atoms with E-state index in [1.807, 2.05) is 4.90 Å². The van der Waals surface area contributed by atoms with E-state index in [0.717, 1.165) is 38.9 Å². The lowest BCUT2D eigenvalue weighted by molar-refractivity contribution is 0.0608. The van der Waals surface area contributed by atoms with Crippen molar-refractivity contribution in [3.8, 4) is 0 Å². The minimum absolute atomic E-state index is 0.0670. The molecule has 1 aromatic heterocycles. The third-order valence-corrected chi connectivity index (χ3v) is 8.45. The largest absolute Gasteiger partial charge is 0.382 e. The van der Waals surface area contributed by atoms with Crippen LogP contribution < -0.4 is 27.1 Å². The summed E-state index contributed by atoms with van der Waals surface area (Å²) >= 11 is 5.99. The molecule has 0 spiro atoms. The topological polar surface area (TPSA) is 185 Å². The number of nitrogens with one attached hydrogen (secondary N) is 1. The molecule has 7 N–H and O–H groups in total. The average Bonchev–Trinajstić information content (AvgIpc) is 2.85. The van der Waals surface area contributed by atoms with Gasteiger partial charge in [-0.2, -0.15) is 0 Å². The maximum atomic E-state index is 12.6. The number of anilines is 2. The summed E-state index contributed by atoms with van der Waals surface area (Å²) in [6.45, 7) is 6.22. The molecule has 3 heterocycles. The van der Waals surface area contributed by atoms with Gasteiger partial charge in [0.05, 0.1) is 4.90 Å². The van der Waals surface area contributed by atoms with Crippen molar-refractivity contribution in [2.45, 2.75) is 49.7 Å². The third kappa shape index (κ3) is 6.07. The van der Waals surface area contributed by atoms with Gasteiger partial charge in [-0.1, -0.05) is 24.6 Å². The smallest absolute Gasteiger partial charge is 0.291 e. The van der Waals surface area contributed by atoms with E-state index < -0.39 is 21.5 Å². The first kappa shape index (κ1) is 27.3. The van der Waals surface area contributed by atoms with Crippen molar-refractivity contribution in [1.29, 1.82) is 0 Å². The molecule has 1 unspecified atom stereocenters. The number of piperazine rings is 1. The van der Waals surface area contributed by atoms with Crippen molar-refractivity contribution in [3.63, 3.8) is 0 Å². The van der Waals surface area contributed by atoms with Crippen LogP contribution in [0, 0.1) is 0 Å². The number of H-pyrrole nitrogens is 1. The van der Waals surface area contributed by atoms with Gasteiger partial charge in [-0.05, 0) is 50.0 Å². The second-order valence-electron chi connectivity index (χ2n) is 9.56. The number of aromatic nitrogens is 2. The van der Waals surface area contributed by atoms with Crippen LogP contribution in [-0.4, -0.2) is 78.9 Å². The van der Waals surface area contributed by atoms with Crippen LogP contribution in [0.2, 0.25) is 5.02 Å². The molecule has 2 aromatic rings. The maximum Gasteiger partial charge on any atom is 0.291 e. The van der Waals surface area contributed by atoms with Crippen LogP contribution in [0.4, 0.5) is 11.6 Å². The van der Waals surface area contributed by atoms with Crippen LogP contribution in [0.25, 0.3) is 0 Å². The van der Waals surface area contributed by atoms with E-state index in [1.165, 1.54) is 6.07 Å². The standard InChI is InChI=1S/C23H33ClN8O4S/c1-2-16-13-31(22-23(34)28-19(21(26)33)20(25)29-22)9-10-32(16)17-5-7-30(8-6-17)12-14-3-4-15(24)11-18(14)37(27,35)36/h3-4,11,16-17H,2,5-10,12-13H2,1H3,(H2,25,29)(H2,26,33)(H,28,34)(H2,27,35,36). The number of nitrogens with zero attached hydrogens (tertiary/aromatic N) is 4. The van der Waals surface area contributed by atoms with Gasteiger partial charge in [0.2, 0.25) is 10.0 Å². The molecular weight excluding hydrogens is 520 g/mol. The van der Waals surface area contributed by atoms with Crippen molar-refractivity contribution >= 4 is 39.2 Å². The number of sulfonamides is 1. The molecule has 14 heteroatoms. The minimum Gasteiger partial charge on any atom is -0.382 e. The van der Waals surface area contributed by atoms with Crippen LogP contribution in [-0.2, 0) is 16.6 Å². The molecule has 2 aliphatic rings. The first-order chi connectivity index (χ1) is 17.5. The lowest BCUT2D eigenvalue weighted by Gasteiger charge is -2.47. The molecule has 4 rings (SSSR count). The fraction of sp³-hybridized carbons (Fsp3) is 0.522. The quantitative estimate of drug-likeness (QED) is 0.375. The highest BCUT2D eigenvalue weighted by molar-refractivity contribution is 7.89. The van der Waals surface area contributed by atoms with Gasteiger partial charge < -0.3 is 21.4 Å². The minimum atomic E-state index is -3.87. The summed E-state index contributed by atoms with van der Waals surface area (Å²) in [5.41, 5.74) is 11.1. The number of aromatic amines is 1. The number of halogens is 1. The highest BCUT2D eigenvalue weighted by Gasteiger charge is 2.34. The SMILES string of the molecule is CCC1CN(c2nc(N)c(C(N)=O)[nH]c2=O)CCN1C1CCN(Cc2ccc(Cl)cc2S(N)(=O)=O)CC1. The number of primary sulfonamides is 1. The van der Waals surface area contributed by atoms with E-state index in [-0.39, 0.29) is 28.3 Å². The molecule has 0 bridgehead atoms. The molecule has 0 aliphatic carbocycles. The number of hydrogen-bond acceptors (Lipinski definition) is 9. The van der Waals surface area contributed by atoms with E-state index in [4.69, 9.17) is 28.2 Å². The van der Waals surface area contributed by atoms with Gasteiger partial charge in [0.25, 0.3) is 11.5 Å². The first-order valence-electron chi connectivity index (χ1n) is 12.2. The number of primary amides is 1. The van der Waals surface area contributed by atoms with Crippen LogP contribution in [0.15, 0.2) is 27.9 Å². The summed E-state index contributed by atoms with van der Waals surface area (Å²) < 4.78 is 24.1. The number of carbonyl (C=O) groups excluding carboxylic acids is 1. The van der Waals surface area contributed by atoms with Gasteiger partial charge in [-0.3, -0.25) is 19.4 Å². The zero-order valence-electron chi connectivity index (χ0n) is 20.7. The van der Waals surface area contributed by atoms with Gasteiger partial charge in [0.1, 0.15) is 5.69 Å². The van der Waals surface area contributed by atoms with E-state index in [0.29, 0.717) is 36.3 Å². The highest BCUT2D eigenvalue weighted by atomic mass is 35.5. The van der Waals surface area contributed by atoms with Crippen molar-refractivity contribution in [2.75, 3.05) is 43.4 Å². The predicted octanol–water partition coefficient (Wildman–Crippen LogP) is 0.317. The Morgan fingerprint density at radius 3 is 2.54 bits per heavy atom. The average molecular weight is 553 g/mol. The van der Waals surface area contributed by atoms with Crippen LogP contribution in [0.3, 0.4) is 0 Å². The molecule has 0 radical (unpaired) electrons. The van der Waals surface area contributed by atoms with E-state index in [9.17, 15) is 18.0 Å². The summed E-state index contributed by atoms with van der Waals surface area (Å²) in [6, 6.07) is 5.39. The Labute approximate surface area is 220 Å². The molecule has 0 saturated carbocycles. The number of amides is 1. The zero-order valence-corrected chi connectivity index (χ0v) is 22.3. The fourth-order valence-corrected chi connectivity index (χ4v) is 6.36. The van der Waals surface area contributed by atoms with Crippen molar-refractivity contribution in [1.82, 2.24) is 19.8 Å². The fourth-order valence-electron chi connectivity index (χ4n) is 5.34. The van der Waals surface area contributed by atoms with E-state index in [2.05, 4.69) is 26.7 Å². The van der Waals surface area contributed by atoms with Crippen molar-refractivity contribution in [3.05, 3.63) is 44.8 Å². The number of piperidine rings is 1. The predicted molar refractivity (Wildman–Crippen MR) is 142 cm³/mol. The summed E-state index contributed by atoms with van der Waals surface area (Å²) in [5.74, 6) is -0.714. The molecule has 12 nitrogen and oxygen atoms in total. The molecular formula is C23H33ClN8O4S. The normalized spacial score (nSPS) is 20.3. The number of nitrogens with two attached hydrogens (primary N) is 3. The number of hydrogen-bond donors (Lipinski definition) is 4. The molecule has 202 valence electrons. The summed E-state index contributed by atoms with van der Waals surface area (Å²) in [7, 11) is -3.87. The van der Waals surface area contributed by atoms with Gasteiger partial charge >= 0.3 is 0 Å². The Bertz CT molecular complexity index is 1330. The number of carbonyl (C=O) groups is 1. The number of rotatable bonds is 7. The lowest BCUT2D eigenvalue weighted by Crippen LogP contribution is -2.59. The Kier molecular flexibility index (Phi) is 8.09. The number of likely N-dealkylation sites (tertiary alicyclic amines) is 1. The summed E-state index contributed by atoms with van der Waals surface area (Å²) in [5, 5.41) is 5.74. The van der Waals surface area contributed by atoms with E-state index >= 15 is 0 Å². The third-order valence-electron chi connectivity index (χ3n) is 7.23. The Morgan fingerprint density at radius 1 is 1.22 bits per heavy atom. The molecule has 2 fully saturated rings. The summed E-state index contributed by atoms with van der Waals surface area (Å²) in [4.78, 5) is 37.4. The first-order valence-corrected chi connectivity index (χ1v) is 14.1. The van der Waals surface area contributed by atoms with Gasteiger partial charge in [-0.15, -0.1) is 0 Å². The molecule has 1 amide bonds. The maximum absolute atomic E-state index is 12.6. The van der Waals surface area contributed by atoms with E-state index in [1.54, 1.807) is 12.1 Å². The van der Waals surface area contributed by atoms with Crippen molar-refractivity contribution in [2.24, 2.45) is 10.9 Å². The van der Waals surface area contributed by atoms with Crippen LogP contribution >= 0.6 is 11.6 Å². The lowest BCUT2D eigenvalue weighted by atomic mass is 9.98. The Hall–Kier alpha value is -2.71. The highest BCUT2D eigenvalue weighted by Crippen LogP contribution is 2.27. The van der Waals surface area contributed by atoms with Gasteiger partial charge in [0.15, 0.2) is 11.6 Å². The Morgan fingerprint density at radius 2 is 1.92 bits per heavy atom. The number of nitrogen functional groups attached to an aromatic ring is 1. The Balaban J connectivity index is 1.40. The molecule has 1 atom stereocenters. The zero-order chi connectivity index (χ0) is 26.9. The van der Waals surface area contributed by atoms with Crippen LogP contribution in [0.1, 0.15) is 42.2 Å². The molecule has 2 aliphatic heterocycles. The summed E-state index contributed by atoms with van der Waals surface area (Å²) in [6.07, 6.45) is 2.77. The monoisotopic (exact) mass is 552 g/mol. The van der Waals surface area contributed by atoms with Crippen LogP contribution in [0.5, 0.6) is 0 Å². The molecule has 37 heavy (non-hydrogen) atoms. The second-order valence-corrected chi connectivity index (χ2v) is 11.5. The van der Waals surface area contributed by atoms with Crippen molar-refractivity contribution < 1.29 is 13.2 Å². The second kappa shape index (κ2) is 11.0. The van der Waals surface area contributed by atoms with Gasteiger partial charge in [0, 0.05) is 43.3 Å². The molecule has 2 saturated heterocycles.